The number of amides is 2. The van der Waals surface area contributed by atoms with Crippen LogP contribution >= 0.6 is 39.3 Å². The first-order valence-electron chi connectivity index (χ1n) is 9.04. The first-order chi connectivity index (χ1) is 13.4. The highest BCUT2D eigenvalue weighted by Gasteiger charge is 2.25. The van der Waals surface area contributed by atoms with E-state index in [0.717, 1.165) is 27.1 Å². The number of nitrogens with one attached hydrogen (secondary N) is 1. The lowest BCUT2D eigenvalue weighted by Crippen LogP contribution is -2.46. The van der Waals surface area contributed by atoms with Crippen molar-refractivity contribution >= 4 is 51.1 Å². The summed E-state index contributed by atoms with van der Waals surface area (Å²) in [6.45, 7) is 2.16. The van der Waals surface area contributed by atoms with Gasteiger partial charge in [-0.1, -0.05) is 39.7 Å². The summed E-state index contributed by atoms with van der Waals surface area (Å²) in [5.74, 6) is 0.638. The zero-order valence-corrected chi connectivity index (χ0v) is 19.1. The highest BCUT2D eigenvalue weighted by atomic mass is 79.9. The predicted molar refractivity (Wildman–Crippen MR) is 120 cm³/mol. The number of carbonyl (C=O) groups is 2. The van der Waals surface area contributed by atoms with Crippen LogP contribution in [0.4, 0.5) is 0 Å². The standard InChI is InChI=1S/C21H24BrClN2O2S/c1-15(21(27)24-2)25(14-16-5-3-6-17(22)13-16)20(26)7-4-12-28-19-10-8-18(23)9-11-19/h3,5-6,8-11,13,15H,4,7,12,14H2,1-2H3,(H,24,27). The van der Waals surface area contributed by atoms with Gasteiger partial charge in [-0.3, -0.25) is 9.59 Å². The Kier molecular flexibility index (Phi) is 9.35. The molecule has 0 saturated heterocycles. The minimum absolute atomic E-state index is 0.0206. The Morgan fingerprint density at radius 2 is 1.93 bits per heavy atom. The van der Waals surface area contributed by atoms with E-state index in [1.54, 1.807) is 30.6 Å². The van der Waals surface area contributed by atoms with Crippen LogP contribution in [0.25, 0.3) is 0 Å². The van der Waals surface area contributed by atoms with Crippen LogP contribution in [0.15, 0.2) is 57.9 Å². The molecular formula is C21H24BrClN2O2S. The Labute approximate surface area is 184 Å². The first kappa shape index (κ1) is 22.8. The normalized spacial score (nSPS) is 11.7. The van der Waals surface area contributed by atoms with Crippen LogP contribution < -0.4 is 5.32 Å². The van der Waals surface area contributed by atoms with Gasteiger partial charge in [-0.25, -0.2) is 0 Å². The maximum absolute atomic E-state index is 12.9. The van der Waals surface area contributed by atoms with Crippen molar-refractivity contribution < 1.29 is 9.59 Å². The van der Waals surface area contributed by atoms with Crippen molar-refractivity contribution in [2.45, 2.75) is 37.2 Å². The summed E-state index contributed by atoms with van der Waals surface area (Å²) >= 11 is 11.0. The highest BCUT2D eigenvalue weighted by Crippen LogP contribution is 2.22. The largest absolute Gasteiger partial charge is 0.357 e. The molecule has 150 valence electrons. The number of nitrogens with zero attached hydrogens (tertiary/aromatic N) is 1. The van der Waals surface area contributed by atoms with E-state index in [4.69, 9.17) is 11.6 Å². The molecule has 0 aliphatic heterocycles. The van der Waals surface area contributed by atoms with Gasteiger partial charge in [0.15, 0.2) is 0 Å². The minimum atomic E-state index is -0.527. The number of carbonyl (C=O) groups excluding carboxylic acids is 2. The molecule has 0 heterocycles. The van der Waals surface area contributed by atoms with Crippen LogP contribution in [0.2, 0.25) is 5.02 Å². The van der Waals surface area contributed by atoms with E-state index >= 15 is 0 Å². The van der Waals surface area contributed by atoms with Gasteiger partial charge in [-0.15, -0.1) is 11.8 Å². The second kappa shape index (κ2) is 11.5. The summed E-state index contributed by atoms with van der Waals surface area (Å²) in [5.41, 5.74) is 0.981. The molecule has 1 N–H and O–H groups in total. The SMILES string of the molecule is CNC(=O)C(C)N(Cc1cccc(Br)c1)C(=O)CCCSc1ccc(Cl)cc1. The molecular weight excluding hydrogens is 460 g/mol. The van der Waals surface area contributed by atoms with Crippen LogP contribution in [0, 0.1) is 0 Å². The third kappa shape index (κ3) is 7.15. The van der Waals surface area contributed by atoms with Gasteiger partial charge < -0.3 is 10.2 Å². The molecule has 7 heteroatoms. The van der Waals surface area contributed by atoms with Gasteiger partial charge in [0.2, 0.25) is 11.8 Å². The summed E-state index contributed by atoms with van der Waals surface area (Å²) in [6, 6.07) is 14.9. The highest BCUT2D eigenvalue weighted by molar-refractivity contribution is 9.10. The van der Waals surface area contributed by atoms with E-state index in [1.807, 2.05) is 48.5 Å². The van der Waals surface area contributed by atoms with E-state index in [2.05, 4.69) is 21.2 Å². The average Bonchev–Trinajstić information content (AvgIpc) is 2.69. The van der Waals surface area contributed by atoms with E-state index in [1.165, 1.54) is 0 Å². The minimum Gasteiger partial charge on any atom is -0.357 e. The Balaban J connectivity index is 1.95. The molecule has 0 aliphatic carbocycles. The van der Waals surface area contributed by atoms with E-state index in [9.17, 15) is 9.59 Å². The fraction of sp³-hybridized carbons (Fsp3) is 0.333. The molecule has 0 saturated carbocycles. The molecule has 2 aromatic carbocycles. The van der Waals surface area contributed by atoms with Gasteiger partial charge in [0.05, 0.1) is 0 Å². The monoisotopic (exact) mass is 482 g/mol. The van der Waals surface area contributed by atoms with Crippen molar-refractivity contribution in [1.82, 2.24) is 10.2 Å². The molecule has 0 radical (unpaired) electrons. The first-order valence-corrected chi connectivity index (χ1v) is 11.2. The number of hydrogen-bond donors (Lipinski definition) is 1. The molecule has 2 rings (SSSR count). The molecule has 1 atom stereocenters. The molecule has 2 amide bonds. The van der Waals surface area contributed by atoms with E-state index in [0.29, 0.717) is 18.0 Å². The van der Waals surface area contributed by atoms with Gasteiger partial charge in [0.25, 0.3) is 0 Å². The third-order valence-electron chi connectivity index (χ3n) is 4.27. The van der Waals surface area contributed by atoms with Gasteiger partial charge in [0.1, 0.15) is 6.04 Å². The van der Waals surface area contributed by atoms with Crippen molar-refractivity contribution in [3.63, 3.8) is 0 Å². The van der Waals surface area contributed by atoms with Gasteiger partial charge >= 0.3 is 0 Å². The van der Waals surface area contributed by atoms with Crippen LogP contribution in [0.3, 0.4) is 0 Å². The third-order valence-corrected chi connectivity index (χ3v) is 6.12. The van der Waals surface area contributed by atoms with Crippen molar-refractivity contribution in [2.24, 2.45) is 0 Å². The summed E-state index contributed by atoms with van der Waals surface area (Å²) < 4.78 is 0.948. The lowest BCUT2D eigenvalue weighted by molar-refractivity contribution is -0.140. The smallest absolute Gasteiger partial charge is 0.242 e. The maximum Gasteiger partial charge on any atom is 0.242 e. The molecule has 0 spiro atoms. The van der Waals surface area contributed by atoms with Gasteiger partial charge in [-0.05, 0) is 61.1 Å². The van der Waals surface area contributed by atoms with E-state index in [-0.39, 0.29) is 11.8 Å². The summed E-state index contributed by atoms with van der Waals surface area (Å²) in [4.78, 5) is 27.8. The molecule has 28 heavy (non-hydrogen) atoms. The number of rotatable bonds is 9. The topological polar surface area (TPSA) is 49.4 Å². The molecule has 2 aromatic rings. The molecule has 0 aromatic heterocycles. The van der Waals surface area contributed by atoms with Crippen molar-refractivity contribution in [3.8, 4) is 0 Å². The molecule has 0 aliphatic rings. The number of halogens is 2. The van der Waals surface area contributed by atoms with Crippen molar-refractivity contribution in [1.29, 1.82) is 0 Å². The number of thioether (sulfide) groups is 1. The Hall–Kier alpha value is -1.50. The predicted octanol–water partition coefficient (Wildman–Crippen LogP) is 5.14. The second-order valence-electron chi connectivity index (χ2n) is 6.35. The van der Waals surface area contributed by atoms with Crippen LogP contribution in [0.5, 0.6) is 0 Å². The lowest BCUT2D eigenvalue weighted by atomic mass is 10.1. The zero-order valence-electron chi connectivity index (χ0n) is 16.0. The fourth-order valence-electron chi connectivity index (χ4n) is 2.71. The molecule has 1 unspecified atom stereocenters. The second-order valence-corrected chi connectivity index (χ2v) is 8.87. The van der Waals surface area contributed by atoms with Crippen molar-refractivity contribution in [3.05, 3.63) is 63.6 Å². The fourth-order valence-corrected chi connectivity index (χ4v) is 4.14. The maximum atomic E-state index is 12.9. The molecule has 4 nitrogen and oxygen atoms in total. The Morgan fingerprint density at radius 3 is 2.57 bits per heavy atom. The Morgan fingerprint density at radius 1 is 1.21 bits per heavy atom. The van der Waals surface area contributed by atoms with Crippen molar-refractivity contribution in [2.75, 3.05) is 12.8 Å². The summed E-state index contributed by atoms with van der Waals surface area (Å²) in [7, 11) is 1.59. The molecule has 0 fully saturated rings. The zero-order chi connectivity index (χ0) is 20.5. The van der Waals surface area contributed by atoms with Crippen LogP contribution in [0.1, 0.15) is 25.3 Å². The number of hydrogen-bond acceptors (Lipinski definition) is 3. The number of likely N-dealkylation sites (N-methyl/N-ethyl adjacent to an activating group) is 1. The lowest BCUT2D eigenvalue weighted by Gasteiger charge is -2.28. The van der Waals surface area contributed by atoms with E-state index < -0.39 is 6.04 Å². The van der Waals surface area contributed by atoms with Crippen LogP contribution in [-0.4, -0.2) is 35.6 Å². The number of benzene rings is 2. The molecule has 0 bridgehead atoms. The summed E-state index contributed by atoms with van der Waals surface area (Å²) in [6.07, 6.45) is 1.14. The average molecular weight is 484 g/mol. The van der Waals surface area contributed by atoms with Gasteiger partial charge in [-0.2, -0.15) is 0 Å². The quantitative estimate of drug-likeness (QED) is 0.397. The summed E-state index contributed by atoms with van der Waals surface area (Å²) in [5, 5.41) is 3.35. The van der Waals surface area contributed by atoms with Crippen LogP contribution in [-0.2, 0) is 16.1 Å². The Bertz CT molecular complexity index is 801. The van der Waals surface area contributed by atoms with Gasteiger partial charge in [0, 0.05) is 34.4 Å².